The van der Waals surface area contributed by atoms with Gasteiger partial charge in [0.1, 0.15) is 4.38 Å². The molecular formula is C4H8N2S2. The summed E-state index contributed by atoms with van der Waals surface area (Å²) in [5.41, 5.74) is 0. The predicted octanol–water partition coefficient (Wildman–Crippen LogP) is 1.09. The Balaban J connectivity index is 2.33. The summed E-state index contributed by atoms with van der Waals surface area (Å²) in [7, 11) is 0. The van der Waals surface area contributed by atoms with E-state index in [1.54, 1.807) is 23.5 Å². The Kier molecular flexibility index (Phi) is 2.55. The molecule has 8 heavy (non-hydrogen) atoms. The third-order valence-corrected chi connectivity index (χ3v) is 3.24. The maximum Gasteiger partial charge on any atom is 0.149 e. The molecule has 0 saturated carbocycles. The topological polar surface area (TPSA) is 38.4 Å². The van der Waals surface area contributed by atoms with E-state index in [1.165, 1.54) is 17.9 Å². The van der Waals surface area contributed by atoms with Crippen LogP contribution in [0, 0.1) is 0 Å². The minimum atomic E-state index is 1.04. The summed E-state index contributed by atoms with van der Waals surface area (Å²) < 4.78 is 1.04. The van der Waals surface area contributed by atoms with Gasteiger partial charge in [0.05, 0.1) is 0 Å². The van der Waals surface area contributed by atoms with Gasteiger partial charge in [-0.1, -0.05) is 23.5 Å². The molecule has 46 valence electrons. The summed E-state index contributed by atoms with van der Waals surface area (Å²) in [6, 6.07) is 0. The van der Waals surface area contributed by atoms with Crippen molar-refractivity contribution in [3.05, 3.63) is 0 Å². The molecule has 1 saturated heterocycles. The Labute approximate surface area is 57.3 Å². The second-order valence-electron chi connectivity index (χ2n) is 1.45. The van der Waals surface area contributed by atoms with Crippen molar-refractivity contribution in [2.24, 2.45) is 10.9 Å². The van der Waals surface area contributed by atoms with Gasteiger partial charge >= 0.3 is 0 Å². The molecule has 0 bridgehead atoms. The van der Waals surface area contributed by atoms with Crippen LogP contribution in [0.3, 0.4) is 0 Å². The van der Waals surface area contributed by atoms with Crippen LogP contribution in [-0.2, 0) is 0 Å². The molecule has 2 nitrogen and oxygen atoms in total. The Morgan fingerprint density at radius 2 is 2.00 bits per heavy atom. The SMILES string of the molecule is NN=C1SCCCS1. The first-order chi connectivity index (χ1) is 3.93. The van der Waals surface area contributed by atoms with E-state index in [-0.39, 0.29) is 0 Å². The normalized spacial score (nSPS) is 20.8. The van der Waals surface area contributed by atoms with Crippen molar-refractivity contribution in [1.29, 1.82) is 0 Å². The highest BCUT2D eigenvalue weighted by Gasteiger charge is 2.05. The minimum Gasteiger partial charge on any atom is -0.322 e. The molecule has 2 N–H and O–H groups in total. The standard InChI is InChI=1S/C4H8N2S2/c5-6-4-7-2-1-3-8-4/h1-3,5H2. The smallest absolute Gasteiger partial charge is 0.149 e. The zero-order valence-electron chi connectivity index (χ0n) is 4.46. The average Bonchev–Trinajstić information content (AvgIpc) is 1.90. The molecule has 1 fully saturated rings. The van der Waals surface area contributed by atoms with E-state index < -0.39 is 0 Å². The van der Waals surface area contributed by atoms with Crippen molar-refractivity contribution >= 4 is 27.9 Å². The van der Waals surface area contributed by atoms with Gasteiger partial charge in [0, 0.05) is 11.5 Å². The first kappa shape index (κ1) is 6.29. The lowest BCUT2D eigenvalue weighted by Gasteiger charge is -2.08. The molecule has 1 heterocycles. The van der Waals surface area contributed by atoms with Gasteiger partial charge in [0.15, 0.2) is 0 Å². The van der Waals surface area contributed by atoms with Crippen molar-refractivity contribution in [3.8, 4) is 0 Å². The van der Waals surface area contributed by atoms with Gasteiger partial charge in [0.2, 0.25) is 0 Å². The third kappa shape index (κ3) is 1.59. The summed E-state index contributed by atoms with van der Waals surface area (Å²) in [6.45, 7) is 0. The Morgan fingerprint density at radius 1 is 1.38 bits per heavy atom. The van der Waals surface area contributed by atoms with Crippen LogP contribution in [0.1, 0.15) is 6.42 Å². The molecule has 4 heteroatoms. The summed E-state index contributed by atoms with van der Waals surface area (Å²) in [5.74, 6) is 7.42. The van der Waals surface area contributed by atoms with Crippen LogP contribution >= 0.6 is 23.5 Å². The van der Waals surface area contributed by atoms with Crippen molar-refractivity contribution < 1.29 is 0 Å². The number of hydrogen-bond donors (Lipinski definition) is 1. The third-order valence-electron chi connectivity index (χ3n) is 0.845. The number of nitrogens with two attached hydrogens (primary N) is 1. The second-order valence-corrected chi connectivity index (χ2v) is 3.87. The highest BCUT2D eigenvalue weighted by Crippen LogP contribution is 2.23. The van der Waals surface area contributed by atoms with Crippen LogP contribution in [0.25, 0.3) is 0 Å². The molecule has 0 aromatic heterocycles. The van der Waals surface area contributed by atoms with Gasteiger partial charge in [-0.2, -0.15) is 5.10 Å². The lowest BCUT2D eigenvalue weighted by atomic mass is 10.6. The predicted molar refractivity (Wildman–Crippen MR) is 41.2 cm³/mol. The van der Waals surface area contributed by atoms with Gasteiger partial charge in [-0.25, -0.2) is 0 Å². The number of rotatable bonds is 0. The molecule has 0 amide bonds. The summed E-state index contributed by atoms with van der Waals surface area (Å²) in [5, 5.41) is 3.59. The fourth-order valence-electron chi connectivity index (χ4n) is 0.494. The largest absolute Gasteiger partial charge is 0.322 e. The van der Waals surface area contributed by atoms with Crippen LogP contribution in [-0.4, -0.2) is 15.9 Å². The second kappa shape index (κ2) is 3.25. The van der Waals surface area contributed by atoms with E-state index in [0.717, 1.165) is 4.38 Å². The monoisotopic (exact) mass is 148 g/mol. The van der Waals surface area contributed by atoms with Gasteiger partial charge < -0.3 is 5.84 Å². The Morgan fingerprint density at radius 3 is 2.38 bits per heavy atom. The molecule has 1 aliphatic heterocycles. The molecular weight excluding hydrogens is 140 g/mol. The number of nitrogens with zero attached hydrogens (tertiary/aromatic N) is 1. The lowest BCUT2D eigenvalue weighted by Crippen LogP contribution is -2.01. The van der Waals surface area contributed by atoms with E-state index >= 15 is 0 Å². The molecule has 1 aliphatic rings. The van der Waals surface area contributed by atoms with Gasteiger partial charge in [-0.05, 0) is 6.42 Å². The fraction of sp³-hybridized carbons (Fsp3) is 0.750. The minimum absolute atomic E-state index is 1.04. The highest BCUT2D eigenvalue weighted by atomic mass is 32.2. The number of thioether (sulfide) groups is 2. The van der Waals surface area contributed by atoms with Crippen LogP contribution in [0.15, 0.2) is 5.10 Å². The van der Waals surface area contributed by atoms with E-state index in [2.05, 4.69) is 5.10 Å². The van der Waals surface area contributed by atoms with Crippen LogP contribution in [0.2, 0.25) is 0 Å². The molecule has 1 rings (SSSR count). The van der Waals surface area contributed by atoms with Gasteiger partial charge in [-0.3, -0.25) is 0 Å². The maximum atomic E-state index is 5.05. The van der Waals surface area contributed by atoms with Gasteiger partial charge in [-0.15, -0.1) is 0 Å². The van der Waals surface area contributed by atoms with Crippen LogP contribution in [0.5, 0.6) is 0 Å². The maximum absolute atomic E-state index is 5.05. The van der Waals surface area contributed by atoms with E-state index in [9.17, 15) is 0 Å². The lowest BCUT2D eigenvalue weighted by molar-refractivity contribution is 1.13. The van der Waals surface area contributed by atoms with E-state index in [1.807, 2.05) is 0 Å². The van der Waals surface area contributed by atoms with Crippen molar-refractivity contribution in [2.45, 2.75) is 6.42 Å². The average molecular weight is 148 g/mol. The molecule has 0 radical (unpaired) electrons. The highest BCUT2D eigenvalue weighted by molar-refractivity contribution is 8.39. The van der Waals surface area contributed by atoms with Crippen molar-refractivity contribution in [2.75, 3.05) is 11.5 Å². The Bertz CT molecular complexity index is 94.2. The summed E-state index contributed by atoms with van der Waals surface area (Å²) >= 11 is 3.50. The van der Waals surface area contributed by atoms with E-state index in [4.69, 9.17) is 5.84 Å². The molecule has 0 aromatic carbocycles. The quantitative estimate of drug-likeness (QED) is 0.413. The fourth-order valence-corrected chi connectivity index (χ4v) is 2.59. The summed E-state index contributed by atoms with van der Waals surface area (Å²) in [4.78, 5) is 0. The zero-order chi connectivity index (χ0) is 5.82. The molecule has 0 aliphatic carbocycles. The van der Waals surface area contributed by atoms with Crippen LogP contribution in [0.4, 0.5) is 0 Å². The number of hydrogen-bond acceptors (Lipinski definition) is 4. The zero-order valence-corrected chi connectivity index (χ0v) is 6.10. The molecule has 0 unspecified atom stereocenters. The first-order valence-electron chi connectivity index (χ1n) is 2.47. The Hall–Kier alpha value is 0.170. The molecule has 0 spiro atoms. The van der Waals surface area contributed by atoms with Crippen LogP contribution < -0.4 is 5.84 Å². The van der Waals surface area contributed by atoms with Crippen molar-refractivity contribution in [3.63, 3.8) is 0 Å². The van der Waals surface area contributed by atoms with Crippen molar-refractivity contribution in [1.82, 2.24) is 0 Å². The summed E-state index contributed by atoms with van der Waals surface area (Å²) in [6.07, 6.45) is 1.29. The molecule has 0 aromatic rings. The first-order valence-corrected chi connectivity index (χ1v) is 4.44. The van der Waals surface area contributed by atoms with Gasteiger partial charge in [0.25, 0.3) is 0 Å². The number of hydrazone groups is 1. The van der Waals surface area contributed by atoms with E-state index in [0.29, 0.717) is 0 Å². The molecule has 0 atom stereocenters.